The minimum atomic E-state index is -0.362. The van der Waals surface area contributed by atoms with Gasteiger partial charge in [-0.1, -0.05) is 60.7 Å². The van der Waals surface area contributed by atoms with E-state index in [9.17, 15) is 4.79 Å². The lowest BCUT2D eigenvalue weighted by molar-refractivity contribution is 0.0607. The normalized spacial score (nSPS) is 10.3. The second-order valence-corrected chi connectivity index (χ2v) is 7.53. The van der Waals surface area contributed by atoms with Crippen molar-refractivity contribution in [2.45, 2.75) is 13.0 Å². The first-order valence-corrected chi connectivity index (χ1v) is 10.3. The van der Waals surface area contributed by atoms with Crippen molar-refractivity contribution in [1.29, 1.82) is 0 Å². The van der Waals surface area contributed by atoms with Crippen LogP contribution in [0.4, 0.5) is 5.69 Å². The highest BCUT2D eigenvalue weighted by Gasteiger charge is 2.17. The van der Waals surface area contributed by atoms with Crippen LogP contribution in [0.15, 0.2) is 72.1 Å². The Hall–Kier alpha value is -2.70. The van der Waals surface area contributed by atoms with Crippen molar-refractivity contribution < 1.29 is 9.53 Å². The molecule has 6 heteroatoms. The van der Waals surface area contributed by atoms with E-state index in [0.717, 1.165) is 13.0 Å². The fourth-order valence-corrected chi connectivity index (χ4v) is 3.85. The summed E-state index contributed by atoms with van der Waals surface area (Å²) in [5.74, 6) is -0.362. The molecule has 144 valence electrons. The zero-order chi connectivity index (χ0) is 19.8. The number of thiophene rings is 1. The summed E-state index contributed by atoms with van der Waals surface area (Å²) in [5.41, 5.74) is 3.12. The van der Waals surface area contributed by atoms with Crippen molar-refractivity contribution in [1.82, 2.24) is 4.90 Å². The van der Waals surface area contributed by atoms with Gasteiger partial charge in [-0.25, -0.2) is 4.79 Å². The first kappa shape index (κ1) is 20.0. The second-order valence-electron chi connectivity index (χ2n) is 6.23. The van der Waals surface area contributed by atoms with Crippen LogP contribution in [0, 0.1) is 0 Å². The number of methoxy groups -OCH3 is 1. The number of anilines is 1. The van der Waals surface area contributed by atoms with E-state index in [4.69, 9.17) is 17.0 Å². The number of benzene rings is 2. The number of ether oxygens (including phenoxy) is 1. The van der Waals surface area contributed by atoms with Gasteiger partial charge in [0.25, 0.3) is 0 Å². The SMILES string of the molecule is COC(=O)c1sccc1NC(=S)N(CCc1ccccc1)Cc1ccccc1. The summed E-state index contributed by atoms with van der Waals surface area (Å²) in [7, 11) is 1.38. The zero-order valence-electron chi connectivity index (χ0n) is 15.6. The van der Waals surface area contributed by atoms with Crippen LogP contribution < -0.4 is 5.32 Å². The Labute approximate surface area is 174 Å². The number of rotatable bonds is 7. The zero-order valence-corrected chi connectivity index (χ0v) is 17.3. The molecule has 0 saturated heterocycles. The van der Waals surface area contributed by atoms with Gasteiger partial charge in [0.05, 0.1) is 12.8 Å². The third-order valence-electron chi connectivity index (χ3n) is 4.29. The largest absolute Gasteiger partial charge is 0.465 e. The van der Waals surface area contributed by atoms with Gasteiger partial charge in [-0.2, -0.15) is 0 Å². The standard InChI is InChI=1S/C22H22N2O2S2/c1-26-21(25)20-19(13-15-28-20)23-22(27)24(16-18-10-6-3-7-11-18)14-12-17-8-4-2-5-9-17/h2-11,13,15H,12,14,16H2,1H3,(H,23,27). The molecule has 0 saturated carbocycles. The number of esters is 1. The first-order chi connectivity index (χ1) is 13.7. The lowest BCUT2D eigenvalue weighted by Gasteiger charge is -2.26. The van der Waals surface area contributed by atoms with Gasteiger partial charge < -0.3 is 15.0 Å². The Balaban J connectivity index is 1.74. The second kappa shape index (κ2) is 10.0. The molecule has 0 spiro atoms. The van der Waals surface area contributed by atoms with Gasteiger partial charge in [-0.05, 0) is 41.2 Å². The number of nitrogens with zero attached hydrogens (tertiary/aromatic N) is 1. The van der Waals surface area contributed by atoms with E-state index in [1.54, 1.807) is 0 Å². The Morgan fingerprint density at radius 3 is 2.32 bits per heavy atom. The molecule has 4 nitrogen and oxygen atoms in total. The van der Waals surface area contributed by atoms with Crippen molar-refractivity contribution in [2.75, 3.05) is 19.0 Å². The van der Waals surface area contributed by atoms with E-state index < -0.39 is 0 Å². The van der Waals surface area contributed by atoms with Crippen molar-refractivity contribution in [3.05, 3.63) is 88.1 Å². The van der Waals surface area contributed by atoms with Crippen LogP contribution in [0.3, 0.4) is 0 Å². The van der Waals surface area contributed by atoms with Crippen LogP contribution in [0.1, 0.15) is 20.8 Å². The van der Waals surface area contributed by atoms with Crippen LogP contribution in [0.5, 0.6) is 0 Å². The number of hydrogen-bond donors (Lipinski definition) is 1. The summed E-state index contributed by atoms with van der Waals surface area (Å²) < 4.78 is 4.85. The third kappa shape index (κ3) is 5.41. The topological polar surface area (TPSA) is 41.6 Å². The molecule has 0 aliphatic rings. The average Bonchev–Trinajstić information content (AvgIpc) is 3.20. The molecule has 0 aliphatic carbocycles. The van der Waals surface area contributed by atoms with Crippen LogP contribution in [0.25, 0.3) is 0 Å². The monoisotopic (exact) mass is 410 g/mol. The van der Waals surface area contributed by atoms with E-state index in [1.165, 1.54) is 29.6 Å². The number of thiocarbonyl (C=S) groups is 1. The number of hydrogen-bond acceptors (Lipinski definition) is 4. The van der Waals surface area contributed by atoms with Gasteiger partial charge >= 0.3 is 5.97 Å². The summed E-state index contributed by atoms with van der Waals surface area (Å²) in [4.78, 5) is 14.6. The van der Waals surface area contributed by atoms with Gasteiger partial charge in [0, 0.05) is 13.1 Å². The van der Waals surface area contributed by atoms with E-state index in [0.29, 0.717) is 22.2 Å². The Morgan fingerprint density at radius 1 is 1.04 bits per heavy atom. The van der Waals surface area contributed by atoms with E-state index in [1.807, 2.05) is 47.8 Å². The quantitative estimate of drug-likeness (QED) is 0.440. The van der Waals surface area contributed by atoms with Crippen molar-refractivity contribution in [2.24, 2.45) is 0 Å². The predicted octanol–water partition coefficient (Wildman–Crippen LogP) is 4.98. The van der Waals surface area contributed by atoms with Crippen molar-refractivity contribution >= 4 is 40.3 Å². The fourth-order valence-electron chi connectivity index (χ4n) is 2.82. The molecule has 0 bridgehead atoms. The van der Waals surface area contributed by atoms with Gasteiger partial charge in [0.1, 0.15) is 4.88 Å². The molecule has 0 radical (unpaired) electrons. The van der Waals surface area contributed by atoms with Crippen LogP contribution >= 0.6 is 23.6 Å². The van der Waals surface area contributed by atoms with Gasteiger partial charge in [0.2, 0.25) is 0 Å². The number of carbonyl (C=O) groups excluding carboxylic acids is 1. The van der Waals surface area contributed by atoms with Gasteiger partial charge in [-0.3, -0.25) is 0 Å². The molecular formula is C22H22N2O2S2. The number of nitrogens with one attached hydrogen (secondary N) is 1. The molecular weight excluding hydrogens is 388 g/mol. The molecule has 1 aromatic heterocycles. The molecule has 0 amide bonds. The summed E-state index contributed by atoms with van der Waals surface area (Å²) >= 11 is 7.02. The molecule has 0 unspecified atom stereocenters. The smallest absolute Gasteiger partial charge is 0.350 e. The molecule has 0 fully saturated rings. The highest BCUT2D eigenvalue weighted by atomic mass is 32.1. The maximum Gasteiger partial charge on any atom is 0.350 e. The minimum absolute atomic E-state index is 0.362. The van der Waals surface area contributed by atoms with Crippen molar-refractivity contribution in [3.8, 4) is 0 Å². The van der Waals surface area contributed by atoms with Crippen LogP contribution in [0.2, 0.25) is 0 Å². The van der Waals surface area contributed by atoms with Crippen molar-refractivity contribution in [3.63, 3.8) is 0 Å². The maximum atomic E-state index is 11.9. The minimum Gasteiger partial charge on any atom is -0.465 e. The van der Waals surface area contributed by atoms with Gasteiger partial charge in [-0.15, -0.1) is 11.3 Å². The molecule has 28 heavy (non-hydrogen) atoms. The molecule has 1 heterocycles. The maximum absolute atomic E-state index is 11.9. The summed E-state index contributed by atoms with van der Waals surface area (Å²) in [6.45, 7) is 1.46. The Kier molecular flexibility index (Phi) is 7.17. The summed E-state index contributed by atoms with van der Waals surface area (Å²) in [5, 5.41) is 5.67. The molecule has 0 atom stereocenters. The van der Waals surface area contributed by atoms with Gasteiger partial charge in [0.15, 0.2) is 5.11 Å². The molecule has 1 N–H and O–H groups in total. The van der Waals surface area contributed by atoms with E-state index in [-0.39, 0.29) is 5.97 Å². The average molecular weight is 411 g/mol. The van der Waals surface area contributed by atoms with Crippen LogP contribution in [-0.2, 0) is 17.7 Å². The molecule has 0 aliphatic heterocycles. The lowest BCUT2D eigenvalue weighted by atomic mass is 10.1. The van der Waals surface area contributed by atoms with E-state index >= 15 is 0 Å². The predicted molar refractivity (Wildman–Crippen MR) is 119 cm³/mol. The molecule has 3 aromatic rings. The third-order valence-corrected chi connectivity index (χ3v) is 5.55. The molecule has 2 aromatic carbocycles. The fraction of sp³-hybridized carbons (Fsp3) is 0.182. The Bertz CT molecular complexity index is 911. The highest BCUT2D eigenvalue weighted by molar-refractivity contribution is 7.80. The van der Waals surface area contributed by atoms with E-state index in [2.05, 4.69) is 34.5 Å². The van der Waals surface area contributed by atoms with Crippen LogP contribution in [-0.4, -0.2) is 29.6 Å². The molecule has 3 rings (SSSR count). The first-order valence-electron chi connectivity index (χ1n) is 8.97. The highest BCUT2D eigenvalue weighted by Crippen LogP contribution is 2.24. The Morgan fingerprint density at radius 2 is 1.68 bits per heavy atom. The lowest BCUT2D eigenvalue weighted by Crippen LogP contribution is -2.36. The summed E-state index contributed by atoms with van der Waals surface area (Å²) in [6.07, 6.45) is 0.878. The number of carbonyl (C=O) groups is 1. The summed E-state index contributed by atoms with van der Waals surface area (Å²) in [6, 6.07) is 22.4.